The molecule has 1 atom stereocenters. The van der Waals surface area contributed by atoms with Crippen molar-refractivity contribution in [2.24, 2.45) is 0 Å². The molecule has 1 amide bonds. The van der Waals surface area contributed by atoms with E-state index in [0.717, 1.165) is 0 Å². The number of Topliss-reactive ketones (excluding diaryl/α,β-unsaturated/α-hetero) is 2. The summed E-state index contributed by atoms with van der Waals surface area (Å²) >= 11 is 11.8. The van der Waals surface area contributed by atoms with Gasteiger partial charge in [-0.25, -0.2) is 0 Å². The lowest BCUT2D eigenvalue weighted by atomic mass is 9.85. The number of hydrogen-bond acceptors (Lipinski definition) is 5. The molecular formula is C27H20Cl2F3NO5S. The van der Waals surface area contributed by atoms with E-state index < -0.39 is 34.9 Å². The summed E-state index contributed by atoms with van der Waals surface area (Å²) < 4.78 is 37.9. The van der Waals surface area contributed by atoms with Crippen LogP contribution >= 0.6 is 35.0 Å². The summed E-state index contributed by atoms with van der Waals surface area (Å²) in [5, 5.41) is 11.6. The van der Waals surface area contributed by atoms with E-state index in [1.165, 1.54) is 66.7 Å². The molecule has 0 aliphatic carbocycles. The van der Waals surface area contributed by atoms with Crippen molar-refractivity contribution >= 4 is 58.4 Å². The highest BCUT2D eigenvalue weighted by molar-refractivity contribution is 8.00. The van der Waals surface area contributed by atoms with Crippen molar-refractivity contribution in [3.05, 3.63) is 99.0 Å². The molecule has 3 aromatic carbocycles. The monoisotopic (exact) mass is 597 g/mol. The maximum atomic E-state index is 13.5. The number of carbonyl (C=O) groups is 4. The first-order valence-electron chi connectivity index (χ1n) is 11.3. The Bertz CT molecular complexity index is 1360. The molecule has 0 heterocycles. The van der Waals surface area contributed by atoms with Gasteiger partial charge in [-0.2, -0.15) is 13.2 Å². The molecule has 6 nitrogen and oxygen atoms in total. The van der Waals surface area contributed by atoms with Gasteiger partial charge < -0.3 is 10.4 Å². The number of amides is 1. The minimum Gasteiger partial charge on any atom is -0.481 e. The highest BCUT2D eigenvalue weighted by Crippen LogP contribution is 2.37. The number of carboxylic acid groups (broad SMARTS) is 1. The molecular weight excluding hydrogens is 578 g/mol. The van der Waals surface area contributed by atoms with Gasteiger partial charge in [0.05, 0.1) is 12.3 Å². The predicted molar refractivity (Wildman–Crippen MR) is 142 cm³/mol. The van der Waals surface area contributed by atoms with Crippen LogP contribution in [0.15, 0.2) is 71.6 Å². The number of alkyl halides is 3. The van der Waals surface area contributed by atoms with E-state index in [9.17, 15) is 32.3 Å². The minimum atomic E-state index is -4.47. The van der Waals surface area contributed by atoms with E-state index in [2.05, 4.69) is 5.32 Å². The Kier molecular flexibility index (Phi) is 10.2. The fourth-order valence-electron chi connectivity index (χ4n) is 3.66. The number of nitrogens with one attached hydrogen (secondary N) is 1. The van der Waals surface area contributed by atoms with Crippen LogP contribution in [0.1, 0.15) is 55.4 Å². The highest BCUT2D eigenvalue weighted by atomic mass is 35.5. The third-order valence-corrected chi connectivity index (χ3v) is 6.64. The normalized spacial score (nSPS) is 12.0. The Balaban J connectivity index is 1.87. The summed E-state index contributed by atoms with van der Waals surface area (Å²) in [6.45, 7) is -0.0681. The Morgan fingerprint density at radius 2 is 1.41 bits per heavy atom. The summed E-state index contributed by atoms with van der Waals surface area (Å²) in [4.78, 5) is 49.5. The molecule has 2 N–H and O–H groups in total. The van der Waals surface area contributed by atoms with E-state index in [1.807, 2.05) is 0 Å². The van der Waals surface area contributed by atoms with Gasteiger partial charge in [-0.15, -0.1) is 0 Å². The lowest BCUT2D eigenvalue weighted by Crippen LogP contribution is -2.26. The van der Waals surface area contributed by atoms with Crippen LogP contribution in [0.25, 0.3) is 0 Å². The van der Waals surface area contributed by atoms with E-state index in [1.54, 1.807) is 0 Å². The average Bonchev–Trinajstić information content (AvgIpc) is 2.85. The molecule has 0 fully saturated rings. The van der Waals surface area contributed by atoms with Crippen LogP contribution in [0.5, 0.6) is 0 Å². The molecule has 0 aromatic heterocycles. The van der Waals surface area contributed by atoms with Crippen molar-refractivity contribution in [1.29, 1.82) is 0 Å². The van der Waals surface area contributed by atoms with Gasteiger partial charge in [-0.1, -0.05) is 47.5 Å². The molecule has 0 saturated carbocycles. The van der Waals surface area contributed by atoms with E-state index in [-0.39, 0.29) is 62.8 Å². The maximum absolute atomic E-state index is 13.5. The number of thioether (sulfide) groups is 1. The summed E-state index contributed by atoms with van der Waals surface area (Å²) in [6.07, 6.45) is -0.570. The second-order valence-corrected chi connectivity index (χ2v) is 10.3. The van der Waals surface area contributed by atoms with Gasteiger partial charge in [-0.05, 0) is 59.8 Å². The summed E-state index contributed by atoms with van der Waals surface area (Å²) in [6, 6.07) is 15.0. The standard InChI is InChI=1S/C27H20Cl2F3NO5S/c28-19-11-18(12-20(29)13-19)25(37)22(14-23(34)16-5-7-21(8-6-16)39-27(30,31)32)15-1-3-17(4-2-15)26(38)33-10-9-24(35)36/h1-8,11-13,22H,9-10,14H2,(H,33,38)(H,35,36). The molecule has 0 saturated heterocycles. The first-order chi connectivity index (χ1) is 18.3. The van der Waals surface area contributed by atoms with Gasteiger partial charge in [-0.3, -0.25) is 19.2 Å². The van der Waals surface area contributed by atoms with Gasteiger partial charge in [0.15, 0.2) is 11.6 Å². The summed E-state index contributed by atoms with van der Waals surface area (Å²) in [5.74, 6) is -3.57. The molecule has 3 rings (SSSR count). The second kappa shape index (κ2) is 13.1. The Morgan fingerprint density at radius 1 is 0.846 bits per heavy atom. The first-order valence-corrected chi connectivity index (χ1v) is 12.9. The van der Waals surface area contributed by atoms with E-state index >= 15 is 0 Å². The highest BCUT2D eigenvalue weighted by Gasteiger charge is 2.30. The molecule has 0 bridgehead atoms. The van der Waals surface area contributed by atoms with Crippen LogP contribution in [0.2, 0.25) is 10.0 Å². The maximum Gasteiger partial charge on any atom is 0.446 e. The smallest absolute Gasteiger partial charge is 0.446 e. The lowest BCUT2D eigenvalue weighted by molar-refractivity contribution is -0.136. The van der Waals surface area contributed by atoms with E-state index in [4.69, 9.17) is 28.3 Å². The van der Waals surface area contributed by atoms with Crippen molar-refractivity contribution in [2.75, 3.05) is 6.54 Å². The van der Waals surface area contributed by atoms with E-state index in [0.29, 0.717) is 5.56 Å². The number of carboxylic acids is 1. The number of aliphatic carboxylic acids is 1. The van der Waals surface area contributed by atoms with Crippen LogP contribution < -0.4 is 5.32 Å². The van der Waals surface area contributed by atoms with Gasteiger partial charge in [0.1, 0.15) is 0 Å². The lowest BCUT2D eigenvalue weighted by Gasteiger charge is -2.17. The van der Waals surface area contributed by atoms with Gasteiger partial charge in [0, 0.05) is 44.6 Å². The molecule has 0 aliphatic rings. The zero-order chi connectivity index (χ0) is 28.7. The zero-order valence-electron chi connectivity index (χ0n) is 19.9. The van der Waals surface area contributed by atoms with Crippen molar-refractivity contribution in [3.8, 4) is 0 Å². The molecule has 12 heteroatoms. The fourth-order valence-corrected chi connectivity index (χ4v) is 4.72. The van der Waals surface area contributed by atoms with Crippen LogP contribution in [-0.2, 0) is 4.79 Å². The van der Waals surface area contributed by atoms with Crippen LogP contribution in [0.4, 0.5) is 13.2 Å². The molecule has 0 aliphatic heterocycles. The average molecular weight is 598 g/mol. The molecule has 1 unspecified atom stereocenters. The number of benzene rings is 3. The summed E-state index contributed by atoms with van der Waals surface area (Å²) in [7, 11) is 0. The Morgan fingerprint density at radius 3 is 1.95 bits per heavy atom. The fraction of sp³-hybridized carbons (Fsp3) is 0.185. The van der Waals surface area contributed by atoms with Crippen LogP contribution in [-0.4, -0.2) is 40.6 Å². The quantitative estimate of drug-likeness (QED) is 0.181. The molecule has 3 aromatic rings. The van der Waals surface area contributed by atoms with Crippen molar-refractivity contribution < 1.29 is 37.5 Å². The summed E-state index contributed by atoms with van der Waals surface area (Å²) in [5.41, 5.74) is -3.59. The van der Waals surface area contributed by atoms with Crippen molar-refractivity contribution in [3.63, 3.8) is 0 Å². The topological polar surface area (TPSA) is 101 Å². The van der Waals surface area contributed by atoms with Gasteiger partial charge >= 0.3 is 11.5 Å². The Hall–Kier alpha value is -3.34. The number of ketones is 2. The molecule has 39 heavy (non-hydrogen) atoms. The minimum absolute atomic E-state index is 0.0681. The van der Waals surface area contributed by atoms with Crippen LogP contribution in [0.3, 0.4) is 0 Å². The van der Waals surface area contributed by atoms with Gasteiger partial charge in [0.25, 0.3) is 5.91 Å². The number of carbonyl (C=O) groups excluding carboxylic acids is 3. The SMILES string of the molecule is O=C(O)CCNC(=O)c1ccc(C(CC(=O)c2ccc(SC(F)(F)F)cc2)C(=O)c2cc(Cl)cc(Cl)c2)cc1. The first kappa shape index (κ1) is 30.2. The molecule has 204 valence electrons. The largest absolute Gasteiger partial charge is 0.481 e. The van der Waals surface area contributed by atoms with Crippen molar-refractivity contribution in [2.45, 2.75) is 29.2 Å². The predicted octanol–water partition coefficient (Wildman–Crippen LogP) is 7.05. The second-order valence-electron chi connectivity index (χ2n) is 8.30. The van der Waals surface area contributed by atoms with Crippen molar-refractivity contribution in [1.82, 2.24) is 5.32 Å². The van der Waals surface area contributed by atoms with Gasteiger partial charge in [0.2, 0.25) is 0 Å². The zero-order valence-corrected chi connectivity index (χ0v) is 22.3. The Labute approximate surface area is 235 Å². The number of halogens is 5. The molecule has 0 radical (unpaired) electrons. The number of rotatable bonds is 11. The third-order valence-electron chi connectivity index (χ3n) is 5.46. The van der Waals surface area contributed by atoms with Crippen LogP contribution in [0, 0.1) is 0 Å². The number of hydrogen-bond donors (Lipinski definition) is 2. The molecule has 0 spiro atoms. The third kappa shape index (κ3) is 9.12.